The molecule has 1 rings (SSSR count). The molecule has 0 radical (unpaired) electrons. The lowest BCUT2D eigenvalue weighted by molar-refractivity contribution is -0.136. The fourth-order valence-electron chi connectivity index (χ4n) is 1.07. The van der Waals surface area contributed by atoms with Gasteiger partial charge in [0.1, 0.15) is 0 Å². The smallest absolute Gasteiger partial charge is 0.309 e. The summed E-state index contributed by atoms with van der Waals surface area (Å²) in [5, 5.41) is 8.60. The fraction of sp³-hybridized carbons (Fsp3) is 0.333. The van der Waals surface area contributed by atoms with Crippen molar-refractivity contribution in [2.45, 2.75) is 20.3 Å². The highest BCUT2D eigenvalue weighted by Crippen LogP contribution is 2.22. The van der Waals surface area contributed by atoms with Gasteiger partial charge in [-0.15, -0.1) is 0 Å². The summed E-state index contributed by atoms with van der Waals surface area (Å²) >= 11 is 3.39. The van der Waals surface area contributed by atoms with Crippen molar-refractivity contribution in [2.24, 2.45) is 0 Å². The lowest BCUT2D eigenvalue weighted by Crippen LogP contribution is -2.05. The molecule has 0 fully saturated rings. The topological polar surface area (TPSA) is 50.2 Å². The number of hydrogen-bond acceptors (Lipinski definition) is 2. The van der Waals surface area contributed by atoms with Gasteiger partial charge in [0, 0.05) is 10.7 Å². The van der Waals surface area contributed by atoms with Crippen LogP contribution in [0.1, 0.15) is 16.8 Å². The Kier molecular flexibility index (Phi) is 3.03. The number of hydrogen-bond donors (Lipinski definition) is 1. The molecule has 70 valence electrons. The summed E-state index contributed by atoms with van der Waals surface area (Å²) in [6.07, 6.45) is 1.65. The van der Waals surface area contributed by atoms with Crippen molar-refractivity contribution in [1.29, 1.82) is 0 Å². The molecule has 0 aromatic carbocycles. The molecular formula is C9H10BrNO2. The first kappa shape index (κ1) is 10.2. The number of rotatable bonds is 2. The Morgan fingerprint density at radius 3 is 2.77 bits per heavy atom. The number of carboxylic acid groups (broad SMARTS) is 1. The summed E-state index contributed by atoms with van der Waals surface area (Å²) < 4.78 is 0.943. The highest BCUT2D eigenvalue weighted by Gasteiger charge is 2.09. The Labute approximate surface area is 84.9 Å². The molecular weight excluding hydrogens is 234 g/mol. The molecule has 1 aromatic heterocycles. The van der Waals surface area contributed by atoms with Gasteiger partial charge in [-0.25, -0.2) is 0 Å². The van der Waals surface area contributed by atoms with Crippen LogP contribution in [0.5, 0.6) is 0 Å². The molecule has 0 spiro atoms. The van der Waals surface area contributed by atoms with Crippen molar-refractivity contribution in [3.05, 3.63) is 27.5 Å². The normalized spacial score (nSPS) is 10.1. The van der Waals surface area contributed by atoms with Crippen molar-refractivity contribution >= 4 is 21.9 Å². The molecule has 0 aliphatic rings. The van der Waals surface area contributed by atoms with Crippen LogP contribution in [-0.2, 0) is 11.2 Å². The molecule has 0 saturated carbocycles. The van der Waals surface area contributed by atoms with Crippen molar-refractivity contribution in [2.75, 3.05) is 0 Å². The van der Waals surface area contributed by atoms with E-state index in [0.717, 1.165) is 15.6 Å². The van der Waals surface area contributed by atoms with Gasteiger partial charge in [0.15, 0.2) is 0 Å². The third kappa shape index (κ3) is 2.28. The molecule has 0 aliphatic heterocycles. The van der Waals surface area contributed by atoms with Gasteiger partial charge < -0.3 is 5.11 Å². The summed E-state index contributed by atoms with van der Waals surface area (Å²) in [7, 11) is 0. The molecule has 1 heterocycles. The van der Waals surface area contributed by atoms with E-state index in [4.69, 9.17) is 5.11 Å². The Morgan fingerprint density at radius 1 is 1.62 bits per heavy atom. The highest BCUT2D eigenvalue weighted by molar-refractivity contribution is 9.10. The van der Waals surface area contributed by atoms with E-state index in [1.54, 1.807) is 6.20 Å². The van der Waals surface area contributed by atoms with Crippen LogP contribution in [0.2, 0.25) is 0 Å². The third-order valence-electron chi connectivity index (χ3n) is 1.84. The first-order valence-electron chi connectivity index (χ1n) is 3.84. The number of carboxylic acids is 1. The molecule has 13 heavy (non-hydrogen) atoms. The summed E-state index contributed by atoms with van der Waals surface area (Å²) in [6, 6.07) is 0. The van der Waals surface area contributed by atoms with Crippen LogP contribution in [0.25, 0.3) is 0 Å². The Hall–Kier alpha value is -0.900. The van der Waals surface area contributed by atoms with Gasteiger partial charge in [-0.1, -0.05) is 15.9 Å². The molecule has 0 unspecified atom stereocenters. The second-order valence-electron chi connectivity index (χ2n) is 2.90. The maximum atomic E-state index is 10.5. The summed E-state index contributed by atoms with van der Waals surface area (Å²) in [4.78, 5) is 14.5. The molecule has 3 nitrogen and oxygen atoms in total. The van der Waals surface area contributed by atoms with E-state index < -0.39 is 5.97 Å². The van der Waals surface area contributed by atoms with Crippen LogP contribution < -0.4 is 0 Å². The molecule has 0 amide bonds. The Balaban J connectivity index is 3.10. The van der Waals surface area contributed by atoms with Crippen molar-refractivity contribution in [3.63, 3.8) is 0 Å². The van der Waals surface area contributed by atoms with Gasteiger partial charge in [0.25, 0.3) is 0 Å². The lowest BCUT2D eigenvalue weighted by Gasteiger charge is -2.06. The van der Waals surface area contributed by atoms with Gasteiger partial charge in [0.05, 0.1) is 12.1 Å². The van der Waals surface area contributed by atoms with Crippen LogP contribution in [0, 0.1) is 13.8 Å². The molecule has 0 aliphatic carbocycles. The van der Waals surface area contributed by atoms with Crippen LogP contribution >= 0.6 is 15.9 Å². The molecule has 0 atom stereocenters. The van der Waals surface area contributed by atoms with E-state index in [0.29, 0.717) is 5.69 Å². The number of aryl methyl sites for hydroxylation is 1. The van der Waals surface area contributed by atoms with E-state index >= 15 is 0 Å². The number of aliphatic carboxylic acids is 1. The monoisotopic (exact) mass is 243 g/mol. The summed E-state index contributed by atoms with van der Waals surface area (Å²) in [6.45, 7) is 3.79. The number of pyridine rings is 1. The van der Waals surface area contributed by atoms with Crippen LogP contribution in [0.4, 0.5) is 0 Å². The number of aromatic nitrogens is 1. The van der Waals surface area contributed by atoms with Crippen LogP contribution in [0.15, 0.2) is 10.7 Å². The quantitative estimate of drug-likeness (QED) is 0.866. The fourth-order valence-corrected chi connectivity index (χ4v) is 1.40. The standard InChI is InChI=1S/C9H10BrNO2/c1-5-4-11-7(3-8(12)13)6(2)9(5)10/h4H,3H2,1-2H3,(H,12,13). The van der Waals surface area contributed by atoms with Gasteiger partial charge in [-0.05, 0) is 25.0 Å². The number of halogens is 1. The summed E-state index contributed by atoms with van der Waals surface area (Å²) in [5.74, 6) is -0.855. The van der Waals surface area contributed by atoms with Gasteiger partial charge in [0.2, 0.25) is 0 Å². The minimum atomic E-state index is -0.855. The average molecular weight is 244 g/mol. The van der Waals surface area contributed by atoms with Gasteiger partial charge >= 0.3 is 5.97 Å². The minimum Gasteiger partial charge on any atom is -0.481 e. The zero-order chi connectivity index (χ0) is 10.0. The molecule has 4 heteroatoms. The molecule has 0 saturated heterocycles. The maximum absolute atomic E-state index is 10.5. The predicted octanol–water partition coefficient (Wildman–Crippen LogP) is 2.09. The maximum Gasteiger partial charge on any atom is 0.309 e. The first-order chi connectivity index (χ1) is 6.02. The predicted molar refractivity (Wildman–Crippen MR) is 52.8 cm³/mol. The summed E-state index contributed by atoms with van der Waals surface area (Å²) in [5.41, 5.74) is 2.54. The second kappa shape index (κ2) is 3.87. The number of nitrogens with zero attached hydrogens (tertiary/aromatic N) is 1. The molecule has 0 bridgehead atoms. The molecule has 1 N–H and O–H groups in total. The third-order valence-corrected chi connectivity index (χ3v) is 3.06. The lowest BCUT2D eigenvalue weighted by atomic mass is 10.1. The van der Waals surface area contributed by atoms with Gasteiger partial charge in [-0.2, -0.15) is 0 Å². The van der Waals surface area contributed by atoms with Crippen molar-refractivity contribution in [1.82, 2.24) is 4.98 Å². The van der Waals surface area contributed by atoms with E-state index in [1.165, 1.54) is 0 Å². The van der Waals surface area contributed by atoms with Crippen molar-refractivity contribution in [3.8, 4) is 0 Å². The van der Waals surface area contributed by atoms with E-state index in [-0.39, 0.29) is 6.42 Å². The first-order valence-corrected chi connectivity index (χ1v) is 4.64. The van der Waals surface area contributed by atoms with E-state index in [2.05, 4.69) is 20.9 Å². The van der Waals surface area contributed by atoms with Crippen molar-refractivity contribution < 1.29 is 9.90 Å². The Morgan fingerprint density at radius 2 is 2.23 bits per heavy atom. The largest absolute Gasteiger partial charge is 0.481 e. The Bertz CT molecular complexity index is 350. The van der Waals surface area contributed by atoms with E-state index in [9.17, 15) is 4.79 Å². The molecule has 1 aromatic rings. The highest BCUT2D eigenvalue weighted by atomic mass is 79.9. The average Bonchev–Trinajstić information content (AvgIpc) is 2.06. The second-order valence-corrected chi connectivity index (χ2v) is 3.69. The number of carbonyl (C=O) groups is 1. The van der Waals surface area contributed by atoms with Crippen LogP contribution in [-0.4, -0.2) is 16.1 Å². The van der Waals surface area contributed by atoms with E-state index in [1.807, 2.05) is 13.8 Å². The SMILES string of the molecule is Cc1cnc(CC(=O)O)c(C)c1Br. The van der Waals surface area contributed by atoms with Crippen LogP contribution in [0.3, 0.4) is 0 Å². The zero-order valence-electron chi connectivity index (χ0n) is 7.47. The minimum absolute atomic E-state index is 0.0231. The van der Waals surface area contributed by atoms with Gasteiger partial charge in [-0.3, -0.25) is 9.78 Å². The zero-order valence-corrected chi connectivity index (χ0v) is 9.05.